The number of hydrazone groups is 1. The van der Waals surface area contributed by atoms with E-state index in [4.69, 9.17) is 14.6 Å². The number of amides is 1. The van der Waals surface area contributed by atoms with Crippen molar-refractivity contribution in [2.24, 2.45) is 5.10 Å². The molecule has 0 radical (unpaired) electrons. The van der Waals surface area contributed by atoms with E-state index in [9.17, 15) is 14.4 Å². The van der Waals surface area contributed by atoms with Crippen LogP contribution in [0, 0.1) is 0 Å². The zero-order valence-electron chi connectivity index (χ0n) is 21.6. The Bertz CT molecular complexity index is 1560. The lowest BCUT2D eigenvalue weighted by Crippen LogP contribution is -2.32. The smallest absolute Gasteiger partial charge is 0.361 e. The van der Waals surface area contributed by atoms with Gasteiger partial charge in [-0.15, -0.1) is 5.10 Å². The van der Waals surface area contributed by atoms with Crippen molar-refractivity contribution in [2.75, 3.05) is 13.2 Å². The van der Waals surface area contributed by atoms with Crippen molar-refractivity contribution in [2.45, 2.75) is 32.9 Å². The largest absolute Gasteiger partial charge is 0.461 e. The summed E-state index contributed by atoms with van der Waals surface area (Å²) in [6.07, 6.45) is 0.500. The molecule has 198 valence electrons. The fourth-order valence-electron chi connectivity index (χ4n) is 4.68. The molecule has 0 N–H and O–H groups in total. The van der Waals surface area contributed by atoms with Gasteiger partial charge in [0.1, 0.15) is 6.54 Å². The van der Waals surface area contributed by atoms with E-state index in [0.717, 1.165) is 32.3 Å². The first-order valence-corrected chi connectivity index (χ1v) is 12.7. The number of nitrogens with zero attached hydrogens (tertiary/aromatic N) is 5. The number of fused-ring (bicyclic) bond motifs is 1. The number of hydrogen-bond acceptors (Lipinski definition) is 8. The Morgan fingerprint density at radius 1 is 0.872 bits per heavy atom. The molecule has 10 heteroatoms. The van der Waals surface area contributed by atoms with E-state index < -0.39 is 17.8 Å². The van der Waals surface area contributed by atoms with Crippen LogP contribution >= 0.6 is 0 Å². The van der Waals surface area contributed by atoms with Crippen LogP contribution < -0.4 is 0 Å². The number of rotatable bonds is 8. The Balaban J connectivity index is 1.52. The summed E-state index contributed by atoms with van der Waals surface area (Å²) in [6, 6.07) is 23.3. The average molecular weight is 526 g/mol. The van der Waals surface area contributed by atoms with E-state index >= 15 is 0 Å². The predicted molar refractivity (Wildman–Crippen MR) is 143 cm³/mol. The van der Waals surface area contributed by atoms with Gasteiger partial charge in [0.05, 0.1) is 25.0 Å². The van der Waals surface area contributed by atoms with E-state index in [1.165, 1.54) is 5.01 Å². The molecule has 1 aromatic heterocycles. The number of esters is 2. The molecule has 1 aliphatic heterocycles. The highest BCUT2D eigenvalue weighted by Gasteiger charge is 2.35. The summed E-state index contributed by atoms with van der Waals surface area (Å²) in [5.41, 5.74) is 2.09. The Hall–Kier alpha value is -4.86. The number of ether oxygens (including phenoxy) is 2. The van der Waals surface area contributed by atoms with Crippen LogP contribution in [0.2, 0.25) is 0 Å². The molecule has 1 amide bonds. The Kier molecular flexibility index (Phi) is 7.44. The summed E-state index contributed by atoms with van der Waals surface area (Å²) in [5.74, 6) is -2.07. The van der Waals surface area contributed by atoms with Gasteiger partial charge in [0.2, 0.25) is 5.69 Å². The highest BCUT2D eigenvalue weighted by Crippen LogP contribution is 2.34. The minimum Gasteiger partial charge on any atom is -0.461 e. The molecule has 2 heterocycles. The maximum absolute atomic E-state index is 13.7. The third-order valence-corrected chi connectivity index (χ3v) is 6.41. The summed E-state index contributed by atoms with van der Waals surface area (Å²) >= 11 is 0. The van der Waals surface area contributed by atoms with Crippen molar-refractivity contribution in [3.05, 3.63) is 95.3 Å². The number of carbonyl (C=O) groups excluding carboxylic acids is 3. The molecule has 0 bridgehead atoms. The lowest BCUT2D eigenvalue weighted by atomic mass is 9.95. The molecule has 5 rings (SSSR count). The first-order valence-electron chi connectivity index (χ1n) is 12.7. The van der Waals surface area contributed by atoms with Crippen LogP contribution in [-0.4, -0.2) is 56.8 Å². The zero-order valence-corrected chi connectivity index (χ0v) is 21.6. The van der Waals surface area contributed by atoms with Crippen molar-refractivity contribution in [1.29, 1.82) is 0 Å². The van der Waals surface area contributed by atoms with Gasteiger partial charge in [-0.1, -0.05) is 78.0 Å². The summed E-state index contributed by atoms with van der Waals surface area (Å²) in [4.78, 5) is 38.9. The number of hydrogen-bond donors (Lipinski definition) is 0. The first kappa shape index (κ1) is 25.8. The SMILES string of the molecule is CCOC(=O)c1nnn(CC(=O)N2N=C(c3cccc4ccccc34)C[C@H]2c2ccccc2)c1C(=O)OCC. The number of aromatic nitrogens is 3. The minimum absolute atomic E-state index is 0.0706. The molecule has 10 nitrogen and oxygen atoms in total. The molecule has 0 spiro atoms. The molecule has 39 heavy (non-hydrogen) atoms. The second-order valence-electron chi connectivity index (χ2n) is 8.83. The van der Waals surface area contributed by atoms with Gasteiger partial charge < -0.3 is 9.47 Å². The number of carbonyl (C=O) groups is 3. The number of benzene rings is 3. The Labute approximate surface area is 224 Å². The molecule has 4 aromatic rings. The van der Waals surface area contributed by atoms with Gasteiger partial charge in [0, 0.05) is 12.0 Å². The van der Waals surface area contributed by atoms with Gasteiger partial charge in [-0.2, -0.15) is 5.10 Å². The molecule has 0 saturated carbocycles. The van der Waals surface area contributed by atoms with Crippen LogP contribution in [0.4, 0.5) is 0 Å². The lowest BCUT2D eigenvalue weighted by molar-refractivity contribution is -0.133. The first-order chi connectivity index (χ1) is 19.0. The maximum Gasteiger partial charge on any atom is 0.361 e. The van der Waals surface area contributed by atoms with Crippen molar-refractivity contribution in [1.82, 2.24) is 20.0 Å². The molecular formula is C29H27N5O5. The average Bonchev–Trinajstić information content (AvgIpc) is 3.59. The van der Waals surface area contributed by atoms with E-state index in [-0.39, 0.29) is 37.2 Å². The van der Waals surface area contributed by atoms with Crippen LogP contribution in [0.3, 0.4) is 0 Å². The van der Waals surface area contributed by atoms with Gasteiger partial charge in [-0.3, -0.25) is 4.79 Å². The molecule has 1 aliphatic rings. The maximum atomic E-state index is 13.7. The Morgan fingerprint density at radius 3 is 2.33 bits per heavy atom. The standard InChI is InChI=1S/C29H27N5O5/c1-3-38-28(36)26-27(29(37)39-4-2)33(32-30-26)18-25(35)34-24(20-12-6-5-7-13-20)17-23(31-34)22-16-10-14-19-11-8-9-15-21(19)22/h5-16,24H,3-4,17-18H2,1-2H3/t24-/m0/s1. The molecule has 0 saturated heterocycles. The molecule has 0 unspecified atom stereocenters. The van der Waals surface area contributed by atoms with Crippen LogP contribution in [0.25, 0.3) is 10.8 Å². The lowest BCUT2D eigenvalue weighted by Gasteiger charge is -2.22. The van der Waals surface area contributed by atoms with Crippen molar-refractivity contribution in [3.8, 4) is 0 Å². The van der Waals surface area contributed by atoms with Gasteiger partial charge in [0.15, 0.2) is 5.69 Å². The summed E-state index contributed by atoms with van der Waals surface area (Å²) in [5, 5.41) is 16.1. The van der Waals surface area contributed by atoms with Crippen LogP contribution in [0.15, 0.2) is 77.9 Å². The fourth-order valence-corrected chi connectivity index (χ4v) is 4.68. The van der Waals surface area contributed by atoms with Crippen molar-refractivity contribution in [3.63, 3.8) is 0 Å². The van der Waals surface area contributed by atoms with Crippen molar-refractivity contribution >= 4 is 34.3 Å². The van der Waals surface area contributed by atoms with E-state index in [2.05, 4.69) is 10.3 Å². The van der Waals surface area contributed by atoms with Crippen LogP contribution in [-0.2, 0) is 20.8 Å². The minimum atomic E-state index is -0.821. The van der Waals surface area contributed by atoms with E-state index in [1.807, 2.05) is 72.8 Å². The van der Waals surface area contributed by atoms with Crippen molar-refractivity contribution < 1.29 is 23.9 Å². The third kappa shape index (κ3) is 5.13. The second-order valence-corrected chi connectivity index (χ2v) is 8.83. The fraction of sp³-hybridized carbons (Fsp3) is 0.241. The normalized spacial score (nSPS) is 14.8. The molecule has 3 aromatic carbocycles. The highest BCUT2D eigenvalue weighted by atomic mass is 16.5. The summed E-state index contributed by atoms with van der Waals surface area (Å²) < 4.78 is 11.2. The summed E-state index contributed by atoms with van der Waals surface area (Å²) in [6.45, 7) is 3.06. The summed E-state index contributed by atoms with van der Waals surface area (Å²) in [7, 11) is 0. The Morgan fingerprint density at radius 2 is 1.56 bits per heavy atom. The van der Waals surface area contributed by atoms with E-state index in [0.29, 0.717) is 6.42 Å². The van der Waals surface area contributed by atoms with Gasteiger partial charge in [-0.05, 0) is 30.2 Å². The van der Waals surface area contributed by atoms with Crippen LogP contribution in [0.5, 0.6) is 0 Å². The van der Waals surface area contributed by atoms with E-state index in [1.54, 1.807) is 13.8 Å². The predicted octanol–water partition coefficient (Wildman–Crippen LogP) is 4.16. The quantitative estimate of drug-likeness (QED) is 0.317. The van der Waals surface area contributed by atoms with Gasteiger partial charge >= 0.3 is 11.9 Å². The topological polar surface area (TPSA) is 116 Å². The monoisotopic (exact) mass is 525 g/mol. The molecule has 1 atom stereocenters. The van der Waals surface area contributed by atoms with Crippen LogP contribution in [0.1, 0.15) is 58.4 Å². The second kappa shape index (κ2) is 11.3. The highest BCUT2D eigenvalue weighted by molar-refractivity contribution is 6.12. The molecule has 0 aliphatic carbocycles. The van der Waals surface area contributed by atoms with Gasteiger partial charge in [-0.25, -0.2) is 19.3 Å². The molecule has 0 fully saturated rings. The molecular weight excluding hydrogens is 498 g/mol. The zero-order chi connectivity index (χ0) is 27.4. The van der Waals surface area contributed by atoms with Gasteiger partial charge in [0.25, 0.3) is 5.91 Å². The third-order valence-electron chi connectivity index (χ3n) is 6.41.